The summed E-state index contributed by atoms with van der Waals surface area (Å²) in [6, 6.07) is 24.7. The highest BCUT2D eigenvalue weighted by Crippen LogP contribution is 2.36. The molecule has 0 atom stereocenters. The minimum atomic E-state index is -0.628. The Hall–Kier alpha value is -5.44. The lowest BCUT2D eigenvalue weighted by molar-refractivity contribution is 0.0991. The molecule has 0 bridgehead atoms. The van der Waals surface area contributed by atoms with E-state index in [2.05, 4.69) is 5.10 Å². The summed E-state index contributed by atoms with van der Waals surface area (Å²) in [7, 11) is 3.34. The molecule has 0 amide bonds. The van der Waals surface area contributed by atoms with Gasteiger partial charge < -0.3 is 9.47 Å². The molecule has 6 aromatic rings. The van der Waals surface area contributed by atoms with Crippen LogP contribution >= 0.6 is 0 Å². The van der Waals surface area contributed by atoms with Crippen LogP contribution in [-0.2, 0) is 13.5 Å². The van der Waals surface area contributed by atoms with Crippen molar-refractivity contribution in [2.75, 3.05) is 7.11 Å². The molecular formula is C33H27FN4O4. The fraction of sp³-hybridized carbons (Fsp3) is 0.121. The molecule has 3 aromatic carbocycles. The Kier molecular flexibility index (Phi) is 6.92. The van der Waals surface area contributed by atoms with Crippen molar-refractivity contribution in [3.05, 3.63) is 130 Å². The van der Waals surface area contributed by atoms with Crippen molar-refractivity contribution in [2.45, 2.75) is 13.3 Å². The smallest absolute Gasteiger partial charge is 0.282 e. The van der Waals surface area contributed by atoms with Gasteiger partial charge >= 0.3 is 0 Å². The number of halogens is 1. The van der Waals surface area contributed by atoms with Crippen molar-refractivity contribution in [3.63, 3.8) is 0 Å². The predicted octanol–water partition coefficient (Wildman–Crippen LogP) is 6.16. The lowest BCUT2D eigenvalue weighted by Gasteiger charge is -2.11. The third-order valence-corrected chi connectivity index (χ3v) is 7.31. The summed E-state index contributed by atoms with van der Waals surface area (Å²) in [5.74, 6) is 0.106. The lowest BCUT2D eigenvalue weighted by atomic mass is 10.0. The molecular weight excluding hydrogens is 535 g/mol. The molecule has 0 unspecified atom stereocenters. The number of nitrogens with zero attached hydrogens (tertiary/aromatic N) is 4. The molecule has 42 heavy (non-hydrogen) atoms. The van der Waals surface area contributed by atoms with Crippen LogP contribution in [0.5, 0.6) is 17.2 Å². The third-order valence-electron chi connectivity index (χ3n) is 7.31. The molecule has 0 fully saturated rings. The van der Waals surface area contributed by atoms with Crippen molar-refractivity contribution in [1.29, 1.82) is 0 Å². The molecule has 210 valence electrons. The molecule has 3 heterocycles. The first-order chi connectivity index (χ1) is 20.4. The van der Waals surface area contributed by atoms with E-state index < -0.39 is 11.4 Å². The number of Topliss-reactive ketones (excluding diaryl/α,β-unsaturated/α-hetero) is 1. The Morgan fingerprint density at radius 1 is 0.952 bits per heavy atom. The Balaban J connectivity index is 1.28. The fourth-order valence-electron chi connectivity index (χ4n) is 5.14. The predicted molar refractivity (Wildman–Crippen MR) is 157 cm³/mol. The van der Waals surface area contributed by atoms with E-state index in [1.807, 2.05) is 48.5 Å². The second-order valence-electron chi connectivity index (χ2n) is 9.85. The molecule has 3 aromatic heterocycles. The summed E-state index contributed by atoms with van der Waals surface area (Å²) in [5.41, 5.74) is 3.70. The molecule has 8 nitrogen and oxygen atoms in total. The van der Waals surface area contributed by atoms with Gasteiger partial charge in [-0.1, -0.05) is 36.4 Å². The molecule has 0 radical (unpaired) electrons. The van der Waals surface area contributed by atoms with Crippen molar-refractivity contribution in [2.24, 2.45) is 7.05 Å². The standard InChI is InChI=1S/C33H27FN4O4/c1-21-31(33(40)38(36(21)2)24-9-5-4-6-10-24)28(39)19-22-12-13-29(27(34)18-22)42-30-14-16-35-37-17-15-26(32(30)37)23-8-7-11-25(20-23)41-3/h4-18,20H,19H2,1-3H3. The fourth-order valence-corrected chi connectivity index (χ4v) is 5.14. The Bertz CT molecular complexity index is 2010. The van der Waals surface area contributed by atoms with Crippen LogP contribution in [0, 0.1) is 12.7 Å². The van der Waals surface area contributed by atoms with Crippen molar-refractivity contribution in [1.82, 2.24) is 19.0 Å². The number of hydrogen-bond donors (Lipinski definition) is 0. The van der Waals surface area contributed by atoms with E-state index in [9.17, 15) is 9.59 Å². The largest absolute Gasteiger partial charge is 0.497 e. The van der Waals surface area contributed by atoms with E-state index in [1.165, 1.54) is 16.8 Å². The SMILES string of the molecule is COc1cccc(-c2ccn3nccc(Oc4ccc(CC(=O)c5c(C)n(C)n(-c6ccccc6)c5=O)cc4F)c23)c1. The number of fused-ring (bicyclic) bond motifs is 1. The highest BCUT2D eigenvalue weighted by atomic mass is 19.1. The summed E-state index contributed by atoms with van der Waals surface area (Å²) >= 11 is 0. The topological polar surface area (TPSA) is 79.8 Å². The second kappa shape index (κ2) is 10.9. The number of methoxy groups -OCH3 is 1. The van der Waals surface area contributed by atoms with E-state index in [1.54, 1.807) is 66.9 Å². The second-order valence-corrected chi connectivity index (χ2v) is 9.85. The van der Waals surface area contributed by atoms with Gasteiger partial charge in [0.1, 0.15) is 16.8 Å². The molecule has 0 aliphatic rings. The Labute approximate surface area is 240 Å². The molecule has 0 aliphatic heterocycles. The van der Waals surface area contributed by atoms with Crippen molar-refractivity contribution < 1.29 is 18.7 Å². The van der Waals surface area contributed by atoms with Gasteiger partial charge in [0.05, 0.1) is 19.0 Å². The first-order valence-corrected chi connectivity index (χ1v) is 13.3. The number of carbonyl (C=O) groups is 1. The quantitative estimate of drug-likeness (QED) is 0.208. The van der Waals surface area contributed by atoms with Crippen LogP contribution in [0.1, 0.15) is 21.6 Å². The summed E-state index contributed by atoms with van der Waals surface area (Å²) < 4.78 is 31.5. The van der Waals surface area contributed by atoms with Gasteiger partial charge in [0, 0.05) is 37.0 Å². The van der Waals surface area contributed by atoms with Crippen LogP contribution in [0.2, 0.25) is 0 Å². The molecule has 6 rings (SSSR count). The van der Waals surface area contributed by atoms with E-state index in [0.29, 0.717) is 34.0 Å². The van der Waals surface area contributed by atoms with Crippen LogP contribution in [0.4, 0.5) is 4.39 Å². The number of rotatable bonds is 8. The van der Waals surface area contributed by atoms with Crippen molar-refractivity contribution >= 4 is 11.3 Å². The van der Waals surface area contributed by atoms with Crippen molar-refractivity contribution in [3.8, 4) is 34.1 Å². The summed E-state index contributed by atoms with van der Waals surface area (Å²) in [5, 5.41) is 4.36. The number of aromatic nitrogens is 4. The highest BCUT2D eigenvalue weighted by Gasteiger charge is 2.23. The van der Waals surface area contributed by atoms with Crippen LogP contribution in [0.25, 0.3) is 22.3 Å². The minimum absolute atomic E-state index is 0.000541. The van der Waals surface area contributed by atoms with Gasteiger partial charge in [-0.25, -0.2) is 13.6 Å². The molecule has 0 saturated carbocycles. The minimum Gasteiger partial charge on any atom is -0.497 e. The zero-order valence-corrected chi connectivity index (χ0v) is 23.2. The van der Waals surface area contributed by atoms with E-state index in [0.717, 1.165) is 11.1 Å². The van der Waals surface area contributed by atoms with Gasteiger partial charge in [-0.15, -0.1) is 0 Å². The number of ether oxygens (including phenoxy) is 2. The van der Waals surface area contributed by atoms with Gasteiger partial charge in [0.15, 0.2) is 23.1 Å². The van der Waals surface area contributed by atoms with Crippen LogP contribution in [-0.4, -0.2) is 31.9 Å². The van der Waals surface area contributed by atoms with Gasteiger partial charge in [0.2, 0.25) is 0 Å². The van der Waals surface area contributed by atoms with Crippen LogP contribution < -0.4 is 15.0 Å². The molecule has 0 aliphatic carbocycles. The maximum absolute atomic E-state index is 15.3. The Morgan fingerprint density at radius 3 is 2.52 bits per heavy atom. The first-order valence-electron chi connectivity index (χ1n) is 13.3. The summed E-state index contributed by atoms with van der Waals surface area (Å²) in [6.07, 6.45) is 3.25. The van der Waals surface area contributed by atoms with Gasteiger partial charge in [0.25, 0.3) is 5.56 Å². The monoisotopic (exact) mass is 562 g/mol. The number of hydrogen-bond acceptors (Lipinski definition) is 5. The van der Waals surface area contributed by atoms with Gasteiger partial charge in [-0.2, -0.15) is 5.10 Å². The van der Waals surface area contributed by atoms with Gasteiger partial charge in [-0.05, 0) is 60.5 Å². The molecule has 0 N–H and O–H groups in total. The van der Waals surface area contributed by atoms with E-state index >= 15 is 4.39 Å². The Morgan fingerprint density at radius 2 is 1.76 bits per heavy atom. The van der Waals surface area contributed by atoms with E-state index in [-0.39, 0.29) is 23.5 Å². The van der Waals surface area contributed by atoms with E-state index in [4.69, 9.17) is 9.47 Å². The maximum atomic E-state index is 15.3. The molecule has 9 heteroatoms. The number of benzene rings is 3. The number of para-hydroxylation sites is 1. The first kappa shape index (κ1) is 26.8. The summed E-state index contributed by atoms with van der Waals surface area (Å²) in [4.78, 5) is 26.5. The molecule has 0 saturated heterocycles. The zero-order valence-electron chi connectivity index (χ0n) is 23.2. The number of ketones is 1. The maximum Gasteiger partial charge on any atom is 0.282 e. The average molecular weight is 563 g/mol. The average Bonchev–Trinajstić information content (AvgIpc) is 3.53. The van der Waals surface area contributed by atoms with Crippen LogP contribution in [0.15, 0.2) is 102 Å². The third kappa shape index (κ3) is 4.75. The highest BCUT2D eigenvalue weighted by molar-refractivity contribution is 5.98. The zero-order chi connectivity index (χ0) is 29.4. The lowest BCUT2D eigenvalue weighted by Crippen LogP contribution is -2.23. The normalized spacial score (nSPS) is 11.1. The van der Waals surface area contributed by atoms with Gasteiger partial charge in [-0.3, -0.25) is 14.3 Å². The molecule has 0 spiro atoms. The number of carbonyl (C=O) groups excluding carboxylic acids is 1. The van der Waals surface area contributed by atoms with Crippen LogP contribution in [0.3, 0.4) is 0 Å². The summed E-state index contributed by atoms with van der Waals surface area (Å²) in [6.45, 7) is 1.72.